The minimum atomic E-state index is 1.19. The minimum absolute atomic E-state index is 1.19. The molecule has 6 rings (SSSR count). The lowest BCUT2D eigenvalue weighted by Crippen LogP contribution is -1.94. The first-order valence-electron chi connectivity index (χ1n) is 10.4. The predicted molar refractivity (Wildman–Crippen MR) is 128 cm³/mol. The molecular weight excluding hydrogens is 362 g/mol. The van der Waals surface area contributed by atoms with Gasteiger partial charge in [0.2, 0.25) is 0 Å². The number of benzene rings is 5. The van der Waals surface area contributed by atoms with Crippen LogP contribution in [0.4, 0.5) is 0 Å². The molecule has 6 aromatic rings. The number of hydrogen-bond donors (Lipinski definition) is 0. The van der Waals surface area contributed by atoms with E-state index in [9.17, 15) is 0 Å². The second kappa shape index (κ2) is 6.60. The average Bonchev–Trinajstić information content (AvgIpc) is 3.15. The first-order chi connectivity index (χ1) is 14.8. The van der Waals surface area contributed by atoms with E-state index in [2.05, 4.69) is 121 Å². The molecule has 30 heavy (non-hydrogen) atoms. The van der Waals surface area contributed by atoms with E-state index >= 15 is 0 Å². The fourth-order valence-corrected chi connectivity index (χ4v) is 4.59. The Labute approximate surface area is 175 Å². The largest absolute Gasteiger partial charge is 0.309 e. The topological polar surface area (TPSA) is 4.93 Å². The van der Waals surface area contributed by atoms with Gasteiger partial charge in [0, 0.05) is 21.8 Å². The molecule has 0 spiro atoms. The highest BCUT2D eigenvalue weighted by molar-refractivity contribution is 6.18. The van der Waals surface area contributed by atoms with Crippen molar-refractivity contribution in [1.82, 2.24) is 4.57 Å². The molecule has 1 heterocycles. The van der Waals surface area contributed by atoms with Crippen molar-refractivity contribution in [3.05, 3.63) is 115 Å². The van der Waals surface area contributed by atoms with Gasteiger partial charge >= 0.3 is 0 Å². The van der Waals surface area contributed by atoms with E-state index < -0.39 is 0 Å². The van der Waals surface area contributed by atoms with Crippen molar-refractivity contribution in [1.29, 1.82) is 0 Å². The Morgan fingerprint density at radius 1 is 0.533 bits per heavy atom. The molecule has 0 fully saturated rings. The molecule has 0 saturated carbocycles. The van der Waals surface area contributed by atoms with Gasteiger partial charge in [0.25, 0.3) is 0 Å². The average molecular weight is 383 g/mol. The maximum atomic E-state index is 2.42. The summed E-state index contributed by atoms with van der Waals surface area (Å²) in [5.74, 6) is 0. The number of nitrogens with zero attached hydrogens (tertiary/aromatic N) is 1. The van der Waals surface area contributed by atoms with Crippen LogP contribution in [0.25, 0.3) is 49.4 Å². The molecule has 0 bridgehead atoms. The van der Waals surface area contributed by atoms with Crippen LogP contribution >= 0.6 is 0 Å². The van der Waals surface area contributed by atoms with Crippen molar-refractivity contribution < 1.29 is 0 Å². The molecule has 0 saturated heterocycles. The van der Waals surface area contributed by atoms with Crippen molar-refractivity contribution in [2.24, 2.45) is 0 Å². The zero-order chi connectivity index (χ0) is 20.1. The van der Waals surface area contributed by atoms with E-state index in [-0.39, 0.29) is 0 Å². The summed E-state index contributed by atoms with van der Waals surface area (Å²) in [7, 11) is 0. The lowest BCUT2D eigenvalue weighted by atomic mass is 10.0. The van der Waals surface area contributed by atoms with Crippen molar-refractivity contribution in [3.63, 3.8) is 0 Å². The van der Waals surface area contributed by atoms with Crippen LogP contribution in [0.15, 0.2) is 109 Å². The molecule has 0 aliphatic carbocycles. The van der Waals surface area contributed by atoms with Gasteiger partial charge in [0.05, 0.1) is 11.0 Å². The normalized spacial score (nSPS) is 11.5. The van der Waals surface area contributed by atoms with Crippen LogP contribution in [0.3, 0.4) is 0 Å². The number of rotatable bonds is 2. The highest BCUT2D eigenvalue weighted by atomic mass is 15.0. The van der Waals surface area contributed by atoms with Gasteiger partial charge < -0.3 is 4.57 Å². The van der Waals surface area contributed by atoms with Crippen LogP contribution in [0.1, 0.15) is 5.56 Å². The van der Waals surface area contributed by atoms with E-state index in [1.807, 2.05) is 0 Å². The third-order valence-electron chi connectivity index (χ3n) is 6.04. The SMILES string of the molecule is Cc1ccc2ccc3c4ccccc4n(-c4ccc(-c5ccccc5)cc4)c3c2c1. The molecule has 0 unspecified atom stereocenters. The zero-order valence-corrected chi connectivity index (χ0v) is 16.8. The first-order valence-corrected chi connectivity index (χ1v) is 10.4. The molecule has 0 N–H and O–H groups in total. The Bertz CT molecular complexity index is 1520. The molecule has 0 aliphatic rings. The quantitative estimate of drug-likeness (QED) is 0.286. The minimum Gasteiger partial charge on any atom is -0.309 e. The second-order valence-electron chi connectivity index (χ2n) is 7.95. The molecule has 1 aromatic heterocycles. The summed E-state index contributed by atoms with van der Waals surface area (Å²) < 4.78 is 2.42. The number of fused-ring (bicyclic) bond motifs is 5. The summed E-state index contributed by atoms with van der Waals surface area (Å²) in [4.78, 5) is 0. The molecule has 0 amide bonds. The standard InChI is InChI=1S/C29H21N/c1-20-11-12-23-15-18-26-25-9-5-6-10-28(25)30(29(26)27(23)19-20)24-16-13-22(14-17-24)21-7-3-2-4-8-21/h2-19H,1H3. The Morgan fingerprint density at radius 3 is 2.07 bits per heavy atom. The number of hydrogen-bond acceptors (Lipinski definition) is 0. The molecule has 5 aromatic carbocycles. The Morgan fingerprint density at radius 2 is 1.23 bits per heavy atom. The van der Waals surface area contributed by atoms with Crippen LogP contribution in [0, 0.1) is 6.92 Å². The lowest BCUT2D eigenvalue weighted by Gasteiger charge is -2.11. The second-order valence-corrected chi connectivity index (χ2v) is 7.95. The molecular formula is C29H21N. The van der Waals surface area contributed by atoms with Crippen molar-refractivity contribution >= 4 is 32.6 Å². The summed E-state index contributed by atoms with van der Waals surface area (Å²) >= 11 is 0. The van der Waals surface area contributed by atoms with Gasteiger partial charge in [-0.25, -0.2) is 0 Å². The first kappa shape index (κ1) is 17.1. The third-order valence-corrected chi connectivity index (χ3v) is 6.04. The molecule has 0 aliphatic heterocycles. The van der Waals surface area contributed by atoms with Gasteiger partial charge in [-0.15, -0.1) is 0 Å². The van der Waals surface area contributed by atoms with Gasteiger partial charge in [-0.2, -0.15) is 0 Å². The van der Waals surface area contributed by atoms with Crippen LogP contribution in [-0.2, 0) is 0 Å². The van der Waals surface area contributed by atoms with E-state index in [0.717, 1.165) is 0 Å². The van der Waals surface area contributed by atoms with Crippen LogP contribution in [-0.4, -0.2) is 4.57 Å². The smallest absolute Gasteiger partial charge is 0.0619 e. The molecule has 0 atom stereocenters. The molecule has 0 radical (unpaired) electrons. The Hall–Kier alpha value is -3.84. The monoisotopic (exact) mass is 383 g/mol. The third kappa shape index (κ3) is 2.56. The summed E-state index contributed by atoms with van der Waals surface area (Å²) in [6.45, 7) is 2.17. The maximum absolute atomic E-state index is 2.42. The van der Waals surface area contributed by atoms with Gasteiger partial charge in [-0.3, -0.25) is 0 Å². The van der Waals surface area contributed by atoms with Gasteiger partial charge in [-0.05, 0) is 47.7 Å². The van der Waals surface area contributed by atoms with E-state index in [1.54, 1.807) is 0 Å². The fourth-order valence-electron chi connectivity index (χ4n) is 4.59. The molecule has 1 heteroatoms. The summed E-state index contributed by atoms with van der Waals surface area (Å²) in [5, 5.41) is 5.17. The van der Waals surface area contributed by atoms with Crippen LogP contribution < -0.4 is 0 Å². The highest BCUT2D eigenvalue weighted by Gasteiger charge is 2.14. The number of aromatic nitrogens is 1. The van der Waals surface area contributed by atoms with Gasteiger partial charge in [-0.1, -0.05) is 90.5 Å². The number of para-hydroxylation sites is 1. The number of aryl methyl sites for hydroxylation is 1. The van der Waals surface area contributed by atoms with Crippen LogP contribution in [0.5, 0.6) is 0 Å². The highest BCUT2D eigenvalue weighted by Crippen LogP contribution is 2.37. The fraction of sp³-hybridized carbons (Fsp3) is 0.0345. The van der Waals surface area contributed by atoms with E-state index in [1.165, 1.54) is 55.0 Å². The van der Waals surface area contributed by atoms with Crippen LogP contribution in [0.2, 0.25) is 0 Å². The Balaban J connectivity index is 1.68. The predicted octanol–water partition coefficient (Wildman–Crippen LogP) is 7.91. The van der Waals surface area contributed by atoms with E-state index in [0.29, 0.717) is 0 Å². The van der Waals surface area contributed by atoms with Crippen molar-refractivity contribution in [2.45, 2.75) is 6.92 Å². The lowest BCUT2D eigenvalue weighted by molar-refractivity contribution is 1.19. The summed E-state index contributed by atoms with van der Waals surface area (Å²) in [6.07, 6.45) is 0. The van der Waals surface area contributed by atoms with Crippen molar-refractivity contribution in [3.8, 4) is 16.8 Å². The van der Waals surface area contributed by atoms with Gasteiger partial charge in [0.1, 0.15) is 0 Å². The van der Waals surface area contributed by atoms with Gasteiger partial charge in [0.15, 0.2) is 0 Å². The van der Waals surface area contributed by atoms with E-state index in [4.69, 9.17) is 0 Å². The summed E-state index contributed by atoms with van der Waals surface area (Å²) in [6, 6.07) is 39.4. The summed E-state index contributed by atoms with van der Waals surface area (Å²) in [5.41, 5.74) is 7.48. The molecule has 1 nitrogen and oxygen atoms in total. The zero-order valence-electron chi connectivity index (χ0n) is 16.8. The van der Waals surface area contributed by atoms with Crippen molar-refractivity contribution in [2.75, 3.05) is 0 Å². The maximum Gasteiger partial charge on any atom is 0.0619 e. The molecule has 142 valence electrons. The Kier molecular flexibility index (Phi) is 3.75.